The SMILES string of the molecule is COCCN(C(=O)N1CCOCC1)C(C)C1CC[C@@]2(O)C3=CC(=O)[C@@H]4C[C@@H](O)[C@@H](O)C[C@]4(C)C3CC[C@]12C. The first-order chi connectivity index (χ1) is 18.0. The number of carbonyl (C=O) groups is 2. The number of aliphatic hydroxyl groups excluding tert-OH is 2. The molecule has 5 rings (SSSR count). The predicted molar refractivity (Wildman–Crippen MR) is 140 cm³/mol. The molecule has 0 aromatic carbocycles. The topological polar surface area (TPSA) is 120 Å². The molecule has 5 aliphatic rings. The highest BCUT2D eigenvalue weighted by molar-refractivity contribution is 5.95. The first-order valence-corrected chi connectivity index (χ1v) is 14.4. The van der Waals surface area contributed by atoms with E-state index in [-0.39, 0.29) is 42.0 Å². The van der Waals surface area contributed by atoms with E-state index in [0.29, 0.717) is 52.3 Å². The van der Waals surface area contributed by atoms with Gasteiger partial charge >= 0.3 is 6.03 Å². The highest BCUT2D eigenvalue weighted by atomic mass is 16.5. The van der Waals surface area contributed by atoms with Crippen molar-refractivity contribution in [3.63, 3.8) is 0 Å². The molecule has 2 amide bonds. The molecule has 1 saturated heterocycles. The van der Waals surface area contributed by atoms with Gasteiger partial charge in [-0.3, -0.25) is 4.79 Å². The van der Waals surface area contributed by atoms with Gasteiger partial charge in [-0.2, -0.15) is 0 Å². The van der Waals surface area contributed by atoms with Crippen LogP contribution in [-0.4, -0.2) is 107 Å². The summed E-state index contributed by atoms with van der Waals surface area (Å²) in [6.45, 7) is 9.42. The Labute approximate surface area is 226 Å². The summed E-state index contributed by atoms with van der Waals surface area (Å²) in [5.74, 6) is -0.341. The standard InChI is InChI=1S/C29H46N2O7/c1-18(31(11-12-37-4)26(35)30-9-13-38-14-10-30)19-6-8-29(36)21-15-23(32)22-16-24(33)25(34)17-27(22,2)20(21)5-7-28(19,29)3/h15,18-20,22,24-25,33-34,36H,5-14,16-17H2,1-4H3/t18?,19?,20?,22-,24+,25-,27+,28+,29+/m0/s1. The molecule has 1 aliphatic heterocycles. The maximum Gasteiger partial charge on any atom is 0.320 e. The average Bonchev–Trinajstić information content (AvgIpc) is 3.17. The first-order valence-electron chi connectivity index (χ1n) is 14.4. The third-order valence-corrected chi connectivity index (χ3v) is 11.3. The van der Waals surface area contributed by atoms with Crippen molar-refractivity contribution in [3.8, 4) is 0 Å². The van der Waals surface area contributed by atoms with Gasteiger partial charge in [0.15, 0.2) is 5.78 Å². The minimum Gasteiger partial charge on any atom is -0.390 e. The van der Waals surface area contributed by atoms with Gasteiger partial charge in [0.25, 0.3) is 0 Å². The van der Waals surface area contributed by atoms with E-state index in [1.165, 1.54) is 0 Å². The second-order valence-electron chi connectivity index (χ2n) is 13.0. The molecule has 0 aromatic rings. The Morgan fingerprint density at radius 2 is 1.89 bits per heavy atom. The van der Waals surface area contributed by atoms with Crippen molar-refractivity contribution in [2.24, 2.45) is 28.6 Å². The average molecular weight is 535 g/mol. The van der Waals surface area contributed by atoms with Crippen LogP contribution in [0.3, 0.4) is 0 Å². The molecule has 3 N–H and O–H groups in total. The Morgan fingerprint density at radius 3 is 2.58 bits per heavy atom. The largest absolute Gasteiger partial charge is 0.390 e. The number of urea groups is 1. The van der Waals surface area contributed by atoms with Gasteiger partial charge in [-0.25, -0.2) is 4.79 Å². The van der Waals surface area contributed by atoms with E-state index in [9.17, 15) is 24.9 Å². The van der Waals surface area contributed by atoms with Crippen LogP contribution in [0.1, 0.15) is 59.3 Å². The van der Waals surface area contributed by atoms with Crippen molar-refractivity contribution in [1.29, 1.82) is 0 Å². The van der Waals surface area contributed by atoms with Gasteiger partial charge in [-0.05, 0) is 74.3 Å². The van der Waals surface area contributed by atoms with E-state index in [2.05, 4.69) is 20.8 Å². The van der Waals surface area contributed by atoms with Gasteiger partial charge in [0.05, 0.1) is 37.6 Å². The molecule has 38 heavy (non-hydrogen) atoms. The van der Waals surface area contributed by atoms with Gasteiger partial charge < -0.3 is 34.6 Å². The van der Waals surface area contributed by atoms with E-state index in [0.717, 1.165) is 24.8 Å². The highest BCUT2D eigenvalue weighted by Crippen LogP contribution is 2.67. The molecule has 0 bridgehead atoms. The maximum absolute atomic E-state index is 13.7. The molecule has 3 unspecified atom stereocenters. The molecule has 0 radical (unpaired) electrons. The lowest BCUT2D eigenvalue weighted by Crippen LogP contribution is -2.62. The van der Waals surface area contributed by atoms with Crippen LogP contribution in [0, 0.1) is 28.6 Å². The van der Waals surface area contributed by atoms with Gasteiger partial charge in [0.1, 0.15) is 0 Å². The van der Waals surface area contributed by atoms with Crippen LogP contribution >= 0.6 is 0 Å². The molecule has 9 heteroatoms. The van der Waals surface area contributed by atoms with Crippen LogP contribution in [0.5, 0.6) is 0 Å². The second kappa shape index (κ2) is 10.1. The van der Waals surface area contributed by atoms with Gasteiger partial charge in [0.2, 0.25) is 0 Å². The summed E-state index contributed by atoms with van der Waals surface area (Å²) in [6, 6.07) is -0.131. The lowest BCUT2D eigenvalue weighted by atomic mass is 9.46. The fourth-order valence-electron chi connectivity index (χ4n) is 9.00. The third-order valence-electron chi connectivity index (χ3n) is 11.3. The summed E-state index contributed by atoms with van der Waals surface area (Å²) in [5, 5.41) is 33.4. The zero-order valence-electron chi connectivity index (χ0n) is 23.4. The molecule has 9 atom stereocenters. The zero-order valence-corrected chi connectivity index (χ0v) is 23.4. The summed E-state index contributed by atoms with van der Waals surface area (Å²) in [6.07, 6.45) is 3.46. The molecule has 3 saturated carbocycles. The summed E-state index contributed by atoms with van der Waals surface area (Å²) < 4.78 is 10.8. The highest BCUT2D eigenvalue weighted by Gasteiger charge is 2.67. The van der Waals surface area contributed by atoms with E-state index in [4.69, 9.17) is 9.47 Å². The molecule has 9 nitrogen and oxygen atoms in total. The summed E-state index contributed by atoms with van der Waals surface area (Å²) >= 11 is 0. The lowest BCUT2D eigenvalue weighted by molar-refractivity contribution is -0.153. The Bertz CT molecular complexity index is 967. The number of hydrogen-bond acceptors (Lipinski definition) is 7. The van der Waals surface area contributed by atoms with Crippen LogP contribution in [0.15, 0.2) is 11.6 Å². The zero-order chi connectivity index (χ0) is 27.5. The lowest BCUT2D eigenvalue weighted by Gasteiger charge is -2.60. The van der Waals surface area contributed by atoms with Crippen LogP contribution < -0.4 is 0 Å². The smallest absolute Gasteiger partial charge is 0.320 e. The van der Waals surface area contributed by atoms with Crippen molar-refractivity contribution >= 4 is 11.8 Å². The molecule has 1 heterocycles. The number of ketones is 1. The van der Waals surface area contributed by atoms with Crippen LogP contribution in [0.25, 0.3) is 0 Å². The monoisotopic (exact) mass is 534 g/mol. The van der Waals surface area contributed by atoms with Crippen LogP contribution in [-0.2, 0) is 14.3 Å². The number of amides is 2. The van der Waals surface area contributed by atoms with Crippen LogP contribution in [0.4, 0.5) is 4.79 Å². The summed E-state index contributed by atoms with van der Waals surface area (Å²) in [7, 11) is 1.64. The fraction of sp³-hybridized carbons (Fsp3) is 0.862. The van der Waals surface area contributed by atoms with Crippen molar-refractivity contribution in [2.45, 2.75) is 83.1 Å². The maximum atomic E-state index is 13.7. The molecule has 214 valence electrons. The number of morpholine rings is 1. The molecular weight excluding hydrogens is 488 g/mol. The van der Waals surface area contributed by atoms with E-state index >= 15 is 0 Å². The van der Waals surface area contributed by atoms with E-state index < -0.39 is 28.6 Å². The number of carbonyl (C=O) groups excluding carboxylic acids is 2. The first kappa shape index (κ1) is 28.0. The Morgan fingerprint density at radius 1 is 1.18 bits per heavy atom. The molecular formula is C29H46N2O7. The van der Waals surface area contributed by atoms with Gasteiger partial charge in [-0.15, -0.1) is 0 Å². The quantitative estimate of drug-likeness (QED) is 0.493. The van der Waals surface area contributed by atoms with Gasteiger partial charge in [-0.1, -0.05) is 13.8 Å². The van der Waals surface area contributed by atoms with Crippen LogP contribution in [0.2, 0.25) is 0 Å². The number of hydrogen-bond donors (Lipinski definition) is 3. The van der Waals surface area contributed by atoms with Crippen molar-refractivity contribution in [3.05, 3.63) is 11.6 Å². The number of ether oxygens (including phenoxy) is 2. The summed E-state index contributed by atoms with van der Waals surface area (Å²) in [5.41, 5.74) is -1.32. The Kier molecular flexibility index (Phi) is 7.48. The predicted octanol–water partition coefficient (Wildman–Crippen LogP) is 1.98. The molecule has 4 aliphatic carbocycles. The molecule has 0 aromatic heterocycles. The number of aliphatic hydroxyl groups is 3. The normalized spacial score (nSPS) is 43.6. The minimum atomic E-state index is -1.14. The number of nitrogens with zero attached hydrogens (tertiary/aromatic N) is 2. The van der Waals surface area contributed by atoms with E-state index in [1.807, 2.05) is 9.80 Å². The molecule has 0 spiro atoms. The Hall–Kier alpha value is -1.52. The number of allylic oxidation sites excluding steroid dienone is 1. The third kappa shape index (κ3) is 4.15. The van der Waals surface area contributed by atoms with Crippen molar-refractivity contribution in [1.82, 2.24) is 9.80 Å². The van der Waals surface area contributed by atoms with Crippen molar-refractivity contribution in [2.75, 3.05) is 46.6 Å². The minimum absolute atomic E-state index is 0.0114. The van der Waals surface area contributed by atoms with Gasteiger partial charge in [0, 0.05) is 44.1 Å². The Balaban J connectivity index is 1.44. The van der Waals surface area contributed by atoms with Crippen molar-refractivity contribution < 1.29 is 34.4 Å². The number of methoxy groups -OCH3 is 1. The fourth-order valence-corrected chi connectivity index (χ4v) is 9.00. The summed E-state index contributed by atoms with van der Waals surface area (Å²) in [4.78, 5) is 30.8. The second-order valence-corrected chi connectivity index (χ2v) is 13.0. The van der Waals surface area contributed by atoms with E-state index in [1.54, 1.807) is 13.2 Å². The molecule has 4 fully saturated rings. The number of rotatable bonds is 5. The number of fused-ring (bicyclic) bond motifs is 5.